The summed E-state index contributed by atoms with van der Waals surface area (Å²) in [5, 5.41) is 12.8. The molecule has 4 rings (SSSR count). The van der Waals surface area contributed by atoms with Crippen LogP contribution in [0.15, 0.2) is 70.6 Å². The van der Waals surface area contributed by atoms with Gasteiger partial charge in [-0.2, -0.15) is 0 Å². The maximum absolute atomic E-state index is 12.6. The number of benzene rings is 2. The van der Waals surface area contributed by atoms with Crippen molar-refractivity contribution in [3.8, 4) is 16.1 Å². The number of anilines is 2. The Kier molecular flexibility index (Phi) is 4.74. The number of carbonyl (C=O) groups is 1. The van der Waals surface area contributed by atoms with Gasteiger partial charge in [-0.25, -0.2) is 4.68 Å². The number of halogens is 1. The van der Waals surface area contributed by atoms with Crippen LogP contribution in [0.5, 0.6) is 0 Å². The highest BCUT2D eigenvalue weighted by Gasteiger charge is 2.14. The fourth-order valence-electron chi connectivity index (χ4n) is 2.53. The van der Waals surface area contributed by atoms with Crippen molar-refractivity contribution in [1.82, 2.24) is 15.0 Å². The molecule has 0 fully saturated rings. The largest absolute Gasteiger partial charge is 0.397 e. The number of hydrogen-bond donors (Lipinski definition) is 2. The van der Waals surface area contributed by atoms with Gasteiger partial charge in [-0.3, -0.25) is 4.79 Å². The minimum atomic E-state index is -0.367. The van der Waals surface area contributed by atoms with E-state index >= 15 is 0 Å². The second kappa shape index (κ2) is 7.34. The van der Waals surface area contributed by atoms with E-state index in [0.717, 1.165) is 20.6 Å². The van der Waals surface area contributed by atoms with Crippen molar-refractivity contribution in [3.63, 3.8) is 0 Å². The predicted octanol–water partition coefficient (Wildman–Crippen LogP) is 4.59. The second-order valence-electron chi connectivity index (χ2n) is 5.76. The molecule has 27 heavy (non-hydrogen) atoms. The average Bonchev–Trinajstić information content (AvgIpc) is 3.36. The molecule has 0 bridgehead atoms. The lowest BCUT2D eigenvalue weighted by Gasteiger charge is -2.08. The Bertz CT molecular complexity index is 1090. The molecular formula is C19H14BrN5OS. The Morgan fingerprint density at radius 2 is 1.96 bits per heavy atom. The Hall–Kier alpha value is -2.97. The molecular weight excluding hydrogens is 426 g/mol. The van der Waals surface area contributed by atoms with Crippen molar-refractivity contribution in [2.24, 2.45) is 0 Å². The SMILES string of the molecule is Nc1ccc(-c2cccs2)cc1NC(=O)c1cn(-c2ccc(Br)cc2)nn1. The van der Waals surface area contributed by atoms with Crippen molar-refractivity contribution < 1.29 is 4.79 Å². The van der Waals surface area contributed by atoms with Gasteiger partial charge in [0, 0.05) is 9.35 Å². The maximum atomic E-state index is 12.6. The molecule has 1 amide bonds. The van der Waals surface area contributed by atoms with Crippen LogP contribution in [0, 0.1) is 0 Å². The van der Waals surface area contributed by atoms with Crippen LogP contribution in [0.3, 0.4) is 0 Å². The Labute approximate surface area is 167 Å². The molecule has 0 radical (unpaired) electrons. The molecule has 0 spiro atoms. The van der Waals surface area contributed by atoms with E-state index in [-0.39, 0.29) is 11.6 Å². The number of thiophene rings is 1. The van der Waals surface area contributed by atoms with Crippen LogP contribution in [0.4, 0.5) is 11.4 Å². The molecule has 8 heteroatoms. The Morgan fingerprint density at radius 1 is 1.15 bits per heavy atom. The molecule has 3 N–H and O–H groups in total. The van der Waals surface area contributed by atoms with Crippen molar-refractivity contribution in [3.05, 3.63) is 76.3 Å². The molecule has 0 aliphatic carbocycles. The first-order valence-electron chi connectivity index (χ1n) is 8.03. The van der Waals surface area contributed by atoms with Crippen LogP contribution < -0.4 is 11.1 Å². The van der Waals surface area contributed by atoms with E-state index in [9.17, 15) is 4.79 Å². The van der Waals surface area contributed by atoms with Gasteiger partial charge in [0.05, 0.1) is 23.3 Å². The van der Waals surface area contributed by atoms with E-state index in [2.05, 4.69) is 31.6 Å². The molecule has 0 saturated carbocycles. The zero-order valence-corrected chi connectivity index (χ0v) is 16.4. The van der Waals surface area contributed by atoms with Crippen molar-refractivity contribution in [1.29, 1.82) is 0 Å². The number of hydrogen-bond acceptors (Lipinski definition) is 5. The minimum absolute atomic E-state index is 0.207. The highest BCUT2D eigenvalue weighted by Crippen LogP contribution is 2.30. The minimum Gasteiger partial charge on any atom is -0.397 e. The summed E-state index contributed by atoms with van der Waals surface area (Å²) in [6, 6.07) is 17.1. The van der Waals surface area contributed by atoms with Crippen molar-refractivity contribution in [2.45, 2.75) is 0 Å². The summed E-state index contributed by atoms with van der Waals surface area (Å²) in [6.45, 7) is 0. The molecule has 4 aromatic rings. The standard InChI is InChI=1S/C19H14BrN5OS/c20-13-4-6-14(7-5-13)25-11-17(23-24-25)19(26)22-16-10-12(3-8-15(16)21)18-2-1-9-27-18/h1-11H,21H2,(H,22,26). The molecule has 2 heterocycles. The molecule has 0 atom stereocenters. The summed E-state index contributed by atoms with van der Waals surface area (Å²) in [7, 11) is 0. The second-order valence-corrected chi connectivity index (χ2v) is 7.62. The molecule has 6 nitrogen and oxygen atoms in total. The summed E-state index contributed by atoms with van der Waals surface area (Å²) in [6.07, 6.45) is 1.58. The Balaban J connectivity index is 1.56. The van der Waals surface area contributed by atoms with Gasteiger partial charge in [0.25, 0.3) is 5.91 Å². The zero-order valence-electron chi connectivity index (χ0n) is 14.0. The van der Waals surface area contributed by atoms with Gasteiger partial charge < -0.3 is 11.1 Å². The lowest BCUT2D eigenvalue weighted by atomic mass is 10.1. The summed E-state index contributed by atoms with van der Waals surface area (Å²) < 4.78 is 2.51. The normalized spacial score (nSPS) is 10.7. The lowest BCUT2D eigenvalue weighted by Crippen LogP contribution is -2.13. The van der Waals surface area contributed by atoms with Gasteiger partial charge in [-0.1, -0.05) is 33.3 Å². The van der Waals surface area contributed by atoms with Crippen LogP contribution in [0.2, 0.25) is 0 Å². The van der Waals surface area contributed by atoms with Gasteiger partial charge in [-0.15, -0.1) is 16.4 Å². The highest BCUT2D eigenvalue weighted by molar-refractivity contribution is 9.10. The smallest absolute Gasteiger partial charge is 0.277 e. The van der Waals surface area contributed by atoms with E-state index < -0.39 is 0 Å². The Morgan fingerprint density at radius 3 is 2.70 bits per heavy atom. The zero-order chi connectivity index (χ0) is 18.8. The third-order valence-electron chi connectivity index (χ3n) is 3.92. The highest BCUT2D eigenvalue weighted by atomic mass is 79.9. The number of carbonyl (C=O) groups excluding carboxylic acids is 1. The van der Waals surface area contributed by atoms with E-state index in [4.69, 9.17) is 5.73 Å². The summed E-state index contributed by atoms with van der Waals surface area (Å²) in [4.78, 5) is 13.7. The average molecular weight is 440 g/mol. The van der Waals surface area contributed by atoms with Gasteiger partial charge >= 0.3 is 0 Å². The van der Waals surface area contributed by atoms with Gasteiger partial charge in [0.1, 0.15) is 0 Å². The monoisotopic (exact) mass is 439 g/mol. The number of nitrogens with zero attached hydrogens (tertiary/aromatic N) is 3. The molecule has 2 aromatic carbocycles. The van der Waals surface area contributed by atoms with E-state index in [1.165, 1.54) is 0 Å². The van der Waals surface area contributed by atoms with Crippen LogP contribution in [0.25, 0.3) is 16.1 Å². The van der Waals surface area contributed by atoms with Crippen LogP contribution in [-0.2, 0) is 0 Å². The number of rotatable bonds is 4. The molecule has 0 aliphatic heterocycles. The fraction of sp³-hybridized carbons (Fsp3) is 0. The number of amides is 1. The number of nitrogens with two attached hydrogens (primary N) is 1. The van der Waals surface area contributed by atoms with Gasteiger partial charge in [0.15, 0.2) is 5.69 Å². The van der Waals surface area contributed by atoms with Gasteiger partial charge in [-0.05, 0) is 53.4 Å². The molecule has 134 valence electrons. The maximum Gasteiger partial charge on any atom is 0.277 e. The number of nitrogen functional groups attached to an aromatic ring is 1. The first-order chi connectivity index (χ1) is 13.1. The third-order valence-corrected chi connectivity index (χ3v) is 5.37. The molecule has 0 aliphatic rings. The van der Waals surface area contributed by atoms with Crippen LogP contribution >= 0.6 is 27.3 Å². The summed E-state index contributed by atoms with van der Waals surface area (Å²) >= 11 is 5.01. The van der Waals surface area contributed by atoms with E-state index in [1.54, 1.807) is 28.3 Å². The molecule has 0 saturated heterocycles. The summed E-state index contributed by atoms with van der Waals surface area (Å²) in [5.74, 6) is -0.367. The van der Waals surface area contributed by atoms with Crippen molar-refractivity contribution in [2.75, 3.05) is 11.1 Å². The fourth-order valence-corrected chi connectivity index (χ4v) is 3.52. The summed E-state index contributed by atoms with van der Waals surface area (Å²) in [5.41, 5.74) is 9.07. The predicted molar refractivity (Wildman–Crippen MR) is 111 cm³/mol. The molecule has 0 unspecified atom stereocenters. The third kappa shape index (κ3) is 3.76. The number of nitrogens with one attached hydrogen (secondary N) is 1. The molecule has 2 aromatic heterocycles. The number of aromatic nitrogens is 3. The lowest BCUT2D eigenvalue weighted by molar-refractivity contribution is 0.102. The van der Waals surface area contributed by atoms with Gasteiger partial charge in [0.2, 0.25) is 0 Å². The topological polar surface area (TPSA) is 85.8 Å². The first kappa shape index (κ1) is 17.4. The first-order valence-corrected chi connectivity index (χ1v) is 9.70. The quantitative estimate of drug-likeness (QED) is 0.455. The van der Waals surface area contributed by atoms with E-state index in [0.29, 0.717) is 11.4 Å². The van der Waals surface area contributed by atoms with Crippen LogP contribution in [0.1, 0.15) is 10.5 Å². The van der Waals surface area contributed by atoms with Crippen LogP contribution in [-0.4, -0.2) is 20.9 Å². The van der Waals surface area contributed by atoms with E-state index in [1.807, 2.05) is 53.9 Å². The van der Waals surface area contributed by atoms with Crippen molar-refractivity contribution >= 4 is 44.5 Å².